The van der Waals surface area contributed by atoms with Crippen molar-refractivity contribution >= 4 is 35.2 Å². The number of carbonyl (C=O) groups is 4. The van der Waals surface area contributed by atoms with Crippen molar-refractivity contribution in [1.29, 1.82) is 0 Å². The summed E-state index contributed by atoms with van der Waals surface area (Å²) in [6.07, 6.45) is 2.90. The first-order valence-electron chi connectivity index (χ1n) is 9.50. The topological polar surface area (TPSA) is 103 Å². The van der Waals surface area contributed by atoms with Gasteiger partial charge in [-0.2, -0.15) is 0 Å². The number of anilines is 1. The highest BCUT2D eigenvalue weighted by molar-refractivity contribution is 6.30. The van der Waals surface area contributed by atoms with Crippen LogP contribution in [0.2, 0.25) is 0 Å². The lowest BCUT2D eigenvalue weighted by molar-refractivity contribution is -0.148. The fourth-order valence-electron chi connectivity index (χ4n) is 3.29. The lowest BCUT2D eigenvalue weighted by Crippen LogP contribution is -2.31. The van der Waals surface area contributed by atoms with E-state index in [1.165, 1.54) is 25.3 Å². The number of hydrogen-bond acceptors (Lipinski definition) is 6. The van der Waals surface area contributed by atoms with Crippen LogP contribution in [0.25, 0.3) is 6.08 Å². The fraction of sp³-hybridized carbons (Fsp3) is 0.0833. The van der Waals surface area contributed by atoms with Crippen LogP contribution in [0.15, 0.2) is 71.4 Å². The standard InChI is InChI=1S/C24H17NO6/c1-14(31-20(26)12-11-15-6-5-13-30-15)24(29)25-19-10-4-9-18-21(19)23(28)17-8-3-2-7-16(17)22(18)27/h2-14H,1H3,(H,25,29). The Morgan fingerprint density at radius 3 is 2.35 bits per heavy atom. The molecule has 0 saturated carbocycles. The molecule has 1 amide bonds. The Kier molecular flexibility index (Phi) is 5.32. The summed E-state index contributed by atoms with van der Waals surface area (Å²) in [6.45, 7) is 1.41. The smallest absolute Gasteiger partial charge is 0.331 e. The van der Waals surface area contributed by atoms with E-state index in [1.807, 2.05) is 0 Å². The fourth-order valence-corrected chi connectivity index (χ4v) is 3.29. The Balaban J connectivity index is 1.51. The van der Waals surface area contributed by atoms with Crippen molar-refractivity contribution in [2.75, 3.05) is 5.32 Å². The van der Waals surface area contributed by atoms with Crippen molar-refractivity contribution in [1.82, 2.24) is 0 Å². The Hall–Kier alpha value is -4.26. The monoisotopic (exact) mass is 415 g/mol. The maximum Gasteiger partial charge on any atom is 0.331 e. The van der Waals surface area contributed by atoms with Crippen LogP contribution in [-0.4, -0.2) is 29.5 Å². The third-order valence-electron chi connectivity index (χ3n) is 4.80. The van der Waals surface area contributed by atoms with E-state index in [2.05, 4.69) is 5.32 Å². The Labute approximate surface area is 177 Å². The summed E-state index contributed by atoms with van der Waals surface area (Å²) >= 11 is 0. The highest BCUT2D eigenvalue weighted by Gasteiger charge is 2.32. The van der Waals surface area contributed by atoms with Gasteiger partial charge in [0.05, 0.1) is 17.5 Å². The molecule has 0 radical (unpaired) electrons. The van der Waals surface area contributed by atoms with Gasteiger partial charge in [0, 0.05) is 22.8 Å². The number of hydrogen-bond donors (Lipinski definition) is 1. The molecule has 1 atom stereocenters. The van der Waals surface area contributed by atoms with Gasteiger partial charge in [-0.1, -0.05) is 36.4 Å². The van der Waals surface area contributed by atoms with Gasteiger partial charge in [-0.05, 0) is 31.2 Å². The second-order valence-corrected chi connectivity index (χ2v) is 6.85. The maximum absolute atomic E-state index is 13.0. The van der Waals surface area contributed by atoms with Gasteiger partial charge in [-0.25, -0.2) is 4.79 Å². The second kappa shape index (κ2) is 8.23. The number of furan rings is 1. The molecule has 0 spiro atoms. The number of ketones is 2. The highest BCUT2D eigenvalue weighted by Crippen LogP contribution is 2.32. The number of benzene rings is 2. The largest absolute Gasteiger partial charge is 0.465 e. The van der Waals surface area contributed by atoms with Crippen molar-refractivity contribution in [3.63, 3.8) is 0 Å². The van der Waals surface area contributed by atoms with Crippen LogP contribution in [0, 0.1) is 0 Å². The molecular formula is C24H17NO6. The van der Waals surface area contributed by atoms with Gasteiger partial charge in [-0.15, -0.1) is 0 Å². The Morgan fingerprint density at radius 2 is 1.65 bits per heavy atom. The van der Waals surface area contributed by atoms with Gasteiger partial charge < -0.3 is 14.5 Å². The molecule has 0 aliphatic heterocycles. The van der Waals surface area contributed by atoms with Crippen LogP contribution in [0.4, 0.5) is 5.69 Å². The number of ether oxygens (including phenoxy) is 1. The van der Waals surface area contributed by atoms with Crippen molar-refractivity contribution in [3.05, 3.63) is 95.0 Å². The van der Waals surface area contributed by atoms with Crippen LogP contribution >= 0.6 is 0 Å². The molecule has 4 rings (SSSR count). The first-order valence-corrected chi connectivity index (χ1v) is 9.50. The molecule has 7 nitrogen and oxygen atoms in total. The predicted octanol–water partition coefficient (Wildman–Crippen LogP) is 3.64. The van der Waals surface area contributed by atoms with E-state index in [-0.39, 0.29) is 33.9 Å². The lowest BCUT2D eigenvalue weighted by atomic mass is 9.83. The quantitative estimate of drug-likeness (QED) is 0.394. The summed E-state index contributed by atoms with van der Waals surface area (Å²) in [6, 6.07) is 14.5. The number of rotatable bonds is 5. The predicted molar refractivity (Wildman–Crippen MR) is 112 cm³/mol. The zero-order valence-corrected chi connectivity index (χ0v) is 16.5. The van der Waals surface area contributed by atoms with Crippen molar-refractivity contribution in [3.8, 4) is 0 Å². The van der Waals surface area contributed by atoms with E-state index >= 15 is 0 Å². The van der Waals surface area contributed by atoms with E-state index in [0.717, 1.165) is 6.08 Å². The molecule has 1 aromatic heterocycles. The average Bonchev–Trinajstić information content (AvgIpc) is 3.29. The average molecular weight is 415 g/mol. The van der Waals surface area contributed by atoms with Gasteiger partial charge in [0.15, 0.2) is 17.7 Å². The van der Waals surface area contributed by atoms with Gasteiger partial charge in [-0.3, -0.25) is 14.4 Å². The van der Waals surface area contributed by atoms with Crippen LogP contribution in [0.1, 0.15) is 44.5 Å². The number of nitrogens with one attached hydrogen (secondary N) is 1. The second-order valence-electron chi connectivity index (χ2n) is 6.85. The normalized spacial score (nSPS) is 13.5. The summed E-state index contributed by atoms with van der Waals surface area (Å²) in [7, 11) is 0. The Morgan fingerprint density at radius 1 is 0.935 bits per heavy atom. The molecule has 1 unspecified atom stereocenters. The van der Waals surface area contributed by atoms with E-state index < -0.39 is 18.0 Å². The summed E-state index contributed by atoms with van der Waals surface area (Å²) in [5.74, 6) is -1.54. The number of esters is 1. The molecule has 31 heavy (non-hydrogen) atoms. The van der Waals surface area contributed by atoms with Crippen LogP contribution in [-0.2, 0) is 14.3 Å². The number of carbonyl (C=O) groups excluding carboxylic acids is 4. The van der Waals surface area contributed by atoms with Crippen LogP contribution in [0.5, 0.6) is 0 Å². The van der Waals surface area contributed by atoms with E-state index in [0.29, 0.717) is 11.3 Å². The molecule has 1 aliphatic rings. The zero-order chi connectivity index (χ0) is 22.0. The molecule has 7 heteroatoms. The first-order chi connectivity index (χ1) is 15.0. The Bertz CT molecular complexity index is 1220. The van der Waals surface area contributed by atoms with Crippen molar-refractivity contribution in [2.24, 2.45) is 0 Å². The summed E-state index contributed by atoms with van der Waals surface area (Å²) in [5.41, 5.74) is 1.13. The number of amides is 1. The highest BCUT2D eigenvalue weighted by atomic mass is 16.5. The molecule has 1 N–H and O–H groups in total. The maximum atomic E-state index is 13.0. The SMILES string of the molecule is CC(OC(=O)C=Cc1ccco1)C(=O)Nc1cccc2c1C(=O)c1ccccc1C2=O. The molecule has 1 aliphatic carbocycles. The lowest BCUT2D eigenvalue weighted by Gasteiger charge is -2.21. The third kappa shape index (κ3) is 3.93. The minimum atomic E-state index is -1.13. The number of fused-ring (bicyclic) bond motifs is 2. The molecule has 0 saturated heterocycles. The minimum absolute atomic E-state index is 0.121. The van der Waals surface area contributed by atoms with Crippen LogP contribution < -0.4 is 5.32 Å². The molecule has 1 heterocycles. The summed E-state index contributed by atoms with van der Waals surface area (Å²) in [5, 5.41) is 2.59. The molecule has 0 fully saturated rings. The molecular weight excluding hydrogens is 398 g/mol. The van der Waals surface area contributed by atoms with Gasteiger partial charge >= 0.3 is 5.97 Å². The van der Waals surface area contributed by atoms with Gasteiger partial charge in [0.2, 0.25) is 0 Å². The zero-order valence-electron chi connectivity index (χ0n) is 16.5. The third-order valence-corrected chi connectivity index (χ3v) is 4.80. The molecule has 154 valence electrons. The first kappa shape index (κ1) is 20.0. The van der Waals surface area contributed by atoms with Crippen LogP contribution in [0.3, 0.4) is 0 Å². The van der Waals surface area contributed by atoms with Crippen molar-refractivity contribution < 1.29 is 28.3 Å². The van der Waals surface area contributed by atoms with Gasteiger partial charge in [0.25, 0.3) is 5.91 Å². The van der Waals surface area contributed by atoms with E-state index in [1.54, 1.807) is 48.5 Å². The minimum Gasteiger partial charge on any atom is -0.465 e. The molecule has 0 bridgehead atoms. The van der Waals surface area contributed by atoms with E-state index in [9.17, 15) is 19.2 Å². The van der Waals surface area contributed by atoms with Gasteiger partial charge in [0.1, 0.15) is 5.76 Å². The van der Waals surface area contributed by atoms with Crippen molar-refractivity contribution in [2.45, 2.75) is 13.0 Å². The summed E-state index contributed by atoms with van der Waals surface area (Å²) in [4.78, 5) is 50.3. The molecule has 2 aromatic carbocycles. The van der Waals surface area contributed by atoms with E-state index in [4.69, 9.17) is 9.15 Å². The summed E-state index contributed by atoms with van der Waals surface area (Å²) < 4.78 is 10.2. The molecule has 3 aromatic rings.